The molecule has 2 aliphatic heterocycles. The maximum atomic E-state index is 14.1. The highest BCUT2D eigenvalue weighted by molar-refractivity contribution is 6.36. The zero-order chi connectivity index (χ0) is 44.1. The highest BCUT2D eigenvalue weighted by Gasteiger charge is 2.57. The molecule has 3 fully saturated rings. The van der Waals surface area contributed by atoms with Gasteiger partial charge < -0.3 is 31.5 Å². The minimum Gasteiger partial charge on any atom is -0.481 e. The Hall–Kier alpha value is -5.22. The normalized spacial score (nSPS) is 24.0. The van der Waals surface area contributed by atoms with E-state index in [2.05, 4.69) is 42.0 Å². The second-order valence-corrected chi connectivity index (χ2v) is 18.5. The first-order valence-corrected chi connectivity index (χ1v) is 21.6. The van der Waals surface area contributed by atoms with E-state index in [-0.39, 0.29) is 22.4 Å². The van der Waals surface area contributed by atoms with Crippen LogP contribution < -0.4 is 16.4 Å². The van der Waals surface area contributed by atoms with E-state index < -0.39 is 35.1 Å². The predicted molar refractivity (Wildman–Crippen MR) is 236 cm³/mol. The van der Waals surface area contributed by atoms with Crippen molar-refractivity contribution in [1.82, 2.24) is 29.7 Å². The number of aliphatic carboxylic acids is 1. The molecule has 4 aliphatic rings. The van der Waals surface area contributed by atoms with E-state index in [9.17, 15) is 28.6 Å². The Kier molecular flexibility index (Phi) is 11.8. The number of aromatic nitrogens is 3. The summed E-state index contributed by atoms with van der Waals surface area (Å²) in [4.78, 5) is 44.7. The number of benzene rings is 2. The third-order valence-corrected chi connectivity index (χ3v) is 14.2. The lowest BCUT2D eigenvalue weighted by atomic mass is 9.80. The van der Waals surface area contributed by atoms with Crippen LogP contribution in [-0.2, 0) is 16.1 Å². The molecule has 16 heteroatoms. The fourth-order valence-electron chi connectivity index (χ4n) is 10.1. The van der Waals surface area contributed by atoms with Crippen LogP contribution in [0.4, 0.5) is 26.0 Å². The number of β-amino-alcohol motifs (C(OH)–C–C–N with tert-alkyl or cyclic N) is 1. The zero-order valence-electron chi connectivity index (χ0n) is 35.4. The lowest BCUT2D eigenvalue weighted by molar-refractivity contribution is -0.148. The number of aliphatic hydroxyl groups is 1. The Morgan fingerprint density at radius 3 is 2.44 bits per heavy atom. The number of nitrogens with one attached hydrogen (secondary N) is 2. The van der Waals surface area contributed by atoms with Crippen LogP contribution in [0.15, 0.2) is 72.3 Å². The number of hydrogen-bond donors (Lipinski definition) is 5. The van der Waals surface area contributed by atoms with Crippen molar-refractivity contribution in [2.75, 3.05) is 50.4 Å². The van der Waals surface area contributed by atoms with Crippen LogP contribution in [0.25, 0.3) is 22.2 Å². The Labute approximate surface area is 365 Å². The van der Waals surface area contributed by atoms with Gasteiger partial charge in [0.25, 0.3) is 12.3 Å². The van der Waals surface area contributed by atoms with Crippen LogP contribution in [0.2, 0.25) is 5.02 Å². The number of alkyl halides is 2. The van der Waals surface area contributed by atoms with Crippen molar-refractivity contribution in [3.63, 3.8) is 0 Å². The third kappa shape index (κ3) is 8.59. The molecule has 2 aromatic heterocycles. The molecular weight excluding hydrogens is 816 g/mol. The molecule has 2 aromatic carbocycles. The number of hydrogen-bond acceptors (Lipinski definition) is 11. The van der Waals surface area contributed by atoms with Gasteiger partial charge in [0.2, 0.25) is 0 Å². The van der Waals surface area contributed by atoms with Crippen LogP contribution in [-0.4, -0.2) is 97.1 Å². The number of likely N-dealkylation sites (tertiary alicyclic amines) is 1. The number of carboxylic acids is 1. The van der Waals surface area contributed by atoms with E-state index in [1.807, 2.05) is 31.2 Å². The van der Waals surface area contributed by atoms with E-state index in [4.69, 9.17) is 17.3 Å². The molecule has 4 aromatic rings. The molecular formula is C46H54ClF2N9O4. The smallest absolute Gasteiger partial charge is 0.309 e. The van der Waals surface area contributed by atoms with Crippen LogP contribution >= 0.6 is 11.6 Å². The van der Waals surface area contributed by atoms with Gasteiger partial charge in [0.1, 0.15) is 5.52 Å². The SMILES string of the molecule is C=C(C(=O)Nc1cccc(-c2cccc(Nc3nc(C(F)F)nc4cc(CN5CC[C@](C)(O)C5)cnc34)c2C)c1Cl)N(C)C1=C(N)CN(CCC23CCC(C(=O)O)(CC2)C3)CC1. The van der Waals surface area contributed by atoms with Gasteiger partial charge in [-0.1, -0.05) is 42.4 Å². The van der Waals surface area contributed by atoms with Gasteiger partial charge in [0.15, 0.2) is 11.6 Å². The van der Waals surface area contributed by atoms with Crippen LogP contribution in [0.3, 0.4) is 0 Å². The number of carbonyl (C=O) groups is 2. The summed E-state index contributed by atoms with van der Waals surface area (Å²) >= 11 is 7.02. The summed E-state index contributed by atoms with van der Waals surface area (Å²) in [6.07, 6.45) is 5.26. The summed E-state index contributed by atoms with van der Waals surface area (Å²) in [6.45, 7) is 11.6. The molecule has 8 rings (SSSR count). The van der Waals surface area contributed by atoms with Gasteiger partial charge in [-0.2, -0.15) is 0 Å². The summed E-state index contributed by atoms with van der Waals surface area (Å²) in [5.41, 5.74) is 11.6. The summed E-state index contributed by atoms with van der Waals surface area (Å²) in [5, 5.41) is 26.7. The van der Waals surface area contributed by atoms with E-state index in [1.165, 1.54) is 0 Å². The standard InChI is InChI=1S/C46H54ClF2N9O4/c1-27-30(7-5-9-33(27)52-40-38-35(53-41(55-40)39(48)49)21-29(22-51-38)23-58-19-16-44(3,62)26-58)31-8-6-10-34(37(31)47)54-42(59)28(2)56(4)36-11-18-57(24-32(36)50)20-17-45-12-14-46(25-45,15-13-45)43(60)61/h5-10,21-22,39,62H,2,11-20,23-26,50H2,1,3-4H3,(H,54,59)(H,60,61)(H,52,53,55)/t44-,45?,46?/m0/s1. The van der Waals surface area contributed by atoms with Crippen molar-refractivity contribution in [1.29, 1.82) is 0 Å². The second-order valence-electron chi connectivity index (χ2n) is 18.1. The van der Waals surface area contributed by atoms with Gasteiger partial charge in [-0.3, -0.25) is 24.4 Å². The van der Waals surface area contributed by atoms with Gasteiger partial charge in [-0.05, 0) is 106 Å². The van der Waals surface area contributed by atoms with E-state index in [0.29, 0.717) is 72.2 Å². The van der Waals surface area contributed by atoms with Gasteiger partial charge in [0.05, 0.1) is 32.9 Å². The number of nitrogens with two attached hydrogens (primary N) is 1. The van der Waals surface area contributed by atoms with Crippen molar-refractivity contribution >= 4 is 51.7 Å². The first-order chi connectivity index (χ1) is 29.5. The highest BCUT2D eigenvalue weighted by Crippen LogP contribution is 2.63. The fraction of sp³-hybridized carbons (Fsp3) is 0.457. The zero-order valence-corrected chi connectivity index (χ0v) is 36.2. The average Bonchev–Trinajstić information content (AvgIpc) is 3.93. The topological polar surface area (TPSA) is 173 Å². The van der Waals surface area contributed by atoms with E-state index >= 15 is 0 Å². The molecule has 6 N–H and O–H groups in total. The van der Waals surface area contributed by atoms with Crippen molar-refractivity contribution in [3.05, 3.63) is 94.3 Å². The monoisotopic (exact) mass is 869 g/mol. The number of halogens is 3. The minimum atomic E-state index is -2.91. The number of amides is 1. The molecule has 1 atom stereocenters. The van der Waals surface area contributed by atoms with Crippen LogP contribution in [0.5, 0.6) is 0 Å². The Morgan fingerprint density at radius 2 is 1.77 bits per heavy atom. The molecule has 2 aliphatic carbocycles. The maximum absolute atomic E-state index is 14.1. The second kappa shape index (κ2) is 16.8. The molecule has 4 heterocycles. The Bertz CT molecular complexity index is 2470. The molecule has 0 spiro atoms. The number of nitrogens with zero attached hydrogens (tertiary/aromatic N) is 6. The Balaban J connectivity index is 0.942. The minimum absolute atomic E-state index is 0.107. The quantitative estimate of drug-likeness (QED) is 0.0775. The number of fused-ring (bicyclic) bond motifs is 3. The number of carbonyl (C=O) groups excluding carboxylic acids is 1. The number of anilines is 3. The molecule has 1 amide bonds. The number of carboxylic acid groups (broad SMARTS) is 1. The van der Waals surface area contributed by atoms with Crippen molar-refractivity contribution < 1.29 is 28.6 Å². The number of pyridine rings is 1. The average molecular weight is 870 g/mol. The largest absolute Gasteiger partial charge is 0.481 e. The van der Waals surface area contributed by atoms with Crippen molar-refractivity contribution in [2.24, 2.45) is 16.6 Å². The molecule has 13 nitrogen and oxygen atoms in total. The summed E-state index contributed by atoms with van der Waals surface area (Å²) in [6, 6.07) is 12.6. The summed E-state index contributed by atoms with van der Waals surface area (Å²) < 4.78 is 28.2. The first kappa shape index (κ1) is 43.4. The first-order valence-electron chi connectivity index (χ1n) is 21.2. The van der Waals surface area contributed by atoms with Gasteiger partial charge >= 0.3 is 5.97 Å². The third-order valence-electron chi connectivity index (χ3n) is 13.8. The molecule has 328 valence electrons. The van der Waals surface area contributed by atoms with Crippen LogP contribution in [0.1, 0.15) is 81.7 Å². The van der Waals surface area contributed by atoms with Gasteiger partial charge in [-0.25, -0.2) is 18.7 Å². The summed E-state index contributed by atoms with van der Waals surface area (Å²) in [7, 11) is 1.78. The lowest BCUT2D eigenvalue weighted by Gasteiger charge is -2.36. The van der Waals surface area contributed by atoms with E-state index in [1.54, 1.807) is 43.3 Å². The Morgan fingerprint density at radius 1 is 1.05 bits per heavy atom. The van der Waals surface area contributed by atoms with E-state index in [0.717, 1.165) is 74.0 Å². The molecule has 0 radical (unpaired) electrons. The predicted octanol–water partition coefficient (Wildman–Crippen LogP) is 7.98. The number of likely N-dealkylation sites (N-methyl/N-ethyl adjacent to an activating group) is 1. The maximum Gasteiger partial charge on any atom is 0.309 e. The molecule has 2 bridgehead atoms. The van der Waals surface area contributed by atoms with Crippen molar-refractivity contribution in [2.45, 2.75) is 83.8 Å². The molecule has 2 saturated carbocycles. The van der Waals surface area contributed by atoms with Gasteiger partial charge in [-0.15, -0.1) is 0 Å². The number of rotatable bonds is 14. The molecule has 1 saturated heterocycles. The lowest BCUT2D eigenvalue weighted by Crippen LogP contribution is -2.40. The molecule has 62 heavy (non-hydrogen) atoms. The van der Waals surface area contributed by atoms with Gasteiger partial charge in [0, 0.05) is 75.0 Å². The summed E-state index contributed by atoms with van der Waals surface area (Å²) in [5.74, 6) is -1.59. The van der Waals surface area contributed by atoms with Crippen LogP contribution in [0, 0.1) is 17.8 Å². The highest BCUT2D eigenvalue weighted by atomic mass is 35.5. The molecule has 0 unspecified atom stereocenters. The fourth-order valence-corrected chi connectivity index (χ4v) is 10.4. The van der Waals surface area contributed by atoms with Crippen molar-refractivity contribution in [3.8, 4) is 11.1 Å².